The van der Waals surface area contributed by atoms with Gasteiger partial charge in [-0.15, -0.1) is 6.58 Å². The quantitative estimate of drug-likeness (QED) is 0.515. The molecule has 1 unspecified atom stereocenters. The predicted octanol–water partition coefficient (Wildman–Crippen LogP) is 2.67. The van der Waals surface area contributed by atoms with Gasteiger partial charge in [-0.1, -0.05) is 26.5 Å². The van der Waals surface area contributed by atoms with Crippen LogP contribution >= 0.6 is 0 Å². The third-order valence-electron chi connectivity index (χ3n) is 1.89. The summed E-state index contributed by atoms with van der Waals surface area (Å²) >= 11 is 0. The Morgan fingerprint density at radius 3 is 2.62 bits per heavy atom. The molecule has 0 amide bonds. The van der Waals surface area contributed by atoms with Crippen molar-refractivity contribution in [3.63, 3.8) is 0 Å². The summed E-state index contributed by atoms with van der Waals surface area (Å²) < 4.78 is 13.3. The minimum Gasteiger partial charge on any atom is -0.391 e. The van der Waals surface area contributed by atoms with Gasteiger partial charge in [0, 0.05) is 12.6 Å². The molecule has 2 nitrogen and oxygen atoms in total. The molecule has 0 rings (SSSR count). The highest BCUT2D eigenvalue weighted by Gasteiger charge is 1.99. The molecule has 90 valence electrons. The number of allylic oxidation sites excluding steroid dienone is 2. The second kappa shape index (κ2) is 7.88. The van der Waals surface area contributed by atoms with Crippen LogP contribution in [0.3, 0.4) is 0 Å². The molecule has 0 spiro atoms. The lowest BCUT2D eigenvalue weighted by molar-refractivity contribution is 0.608. The van der Waals surface area contributed by atoms with E-state index < -0.39 is 6.04 Å². The van der Waals surface area contributed by atoms with Crippen molar-refractivity contribution in [2.75, 3.05) is 6.54 Å². The second-order valence-corrected chi connectivity index (χ2v) is 4.00. The first-order valence-corrected chi connectivity index (χ1v) is 5.31. The summed E-state index contributed by atoms with van der Waals surface area (Å²) in [4.78, 5) is 0. The van der Waals surface area contributed by atoms with Crippen LogP contribution in [-0.2, 0) is 0 Å². The third kappa shape index (κ3) is 7.01. The average molecular weight is 224 g/mol. The summed E-state index contributed by atoms with van der Waals surface area (Å²) in [7, 11) is 0. The smallest absolute Gasteiger partial charge is 0.124 e. The maximum atomic E-state index is 13.3. The van der Waals surface area contributed by atoms with E-state index in [1.807, 2.05) is 0 Å². The average Bonchev–Trinajstić information content (AvgIpc) is 2.22. The fourth-order valence-electron chi connectivity index (χ4n) is 0.915. The summed E-state index contributed by atoms with van der Waals surface area (Å²) in [6.45, 7) is 12.1. The van der Waals surface area contributed by atoms with Crippen molar-refractivity contribution in [2.24, 2.45) is 11.7 Å². The molecule has 0 aliphatic carbocycles. The summed E-state index contributed by atoms with van der Waals surface area (Å²) in [5, 5.41) is 2.99. The number of rotatable bonds is 7. The monoisotopic (exact) mass is 224 g/mol. The van der Waals surface area contributed by atoms with Gasteiger partial charge in [0.25, 0.3) is 0 Å². The highest BCUT2D eigenvalue weighted by atomic mass is 19.1. The fourth-order valence-corrected chi connectivity index (χ4v) is 0.915. The van der Waals surface area contributed by atoms with Crippen molar-refractivity contribution < 1.29 is 4.39 Å². The van der Waals surface area contributed by atoms with Crippen LogP contribution in [0.2, 0.25) is 0 Å². The second-order valence-electron chi connectivity index (χ2n) is 4.00. The van der Waals surface area contributed by atoms with Crippen LogP contribution in [0.25, 0.3) is 0 Å². The Balaban J connectivity index is 4.13. The van der Waals surface area contributed by atoms with Gasteiger partial charge >= 0.3 is 0 Å². The molecular weight excluding hydrogens is 203 g/mol. The van der Waals surface area contributed by atoms with Gasteiger partial charge in [0.1, 0.15) is 5.83 Å². The summed E-state index contributed by atoms with van der Waals surface area (Å²) in [6.07, 6.45) is 5.76. The Morgan fingerprint density at radius 1 is 1.50 bits per heavy atom. The van der Waals surface area contributed by atoms with E-state index in [0.29, 0.717) is 11.5 Å². The van der Waals surface area contributed by atoms with Crippen molar-refractivity contribution >= 4 is 0 Å². The van der Waals surface area contributed by atoms with Crippen molar-refractivity contribution in [1.82, 2.24) is 5.32 Å². The molecule has 0 heterocycles. The molecule has 0 bridgehead atoms. The van der Waals surface area contributed by atoms with E-state index in [1.54, 1.807) is 6.20 Å². The summed E-state index contributed by atoms with van der Waals surface area (Å²) in [6, 6.07) is -0.400. The largest absolute Gasteiger partial charge is 0.391 e. The van der Waals surface area contributed by atoms with Crippen LogP contribution in [0.15, 0.2) is 49.0 Å². The van der Waals surface area contributed by atoms with Gasteiger partial charge in [0.15, 0.2) is 0 Å². The standard InChI is InChI=1S/C13H21FN2/c1-5-13(15)11(4)8-12(14)6-7-16-9-10(2)3/h5-8,10,13,16H,1,4,9,15H2,2-3H3/b7-6-,12-8+. The van der Waals surface area contributed by atoms with Gasteiger partial charge in [0.2, 0.25) is 0 Å². The maximum Gasteiger partial charge on any atom is 0.124 e. The summed E-state index contributed by atoms with van der Waals surface area (Å²) in [5.74, 6) is 0.152. The number of nitrogens with two attached hydrogens (primary N) is 1. The van der Waals surface area contributed by atoms with Crippen molar-refractivity contribution in [3.8, 4) is 0 Å². The fraction of sp³-hybridized carbons (Fsp3) is 0.385. The number of nitrogens with one attached hydrogen (secondary N) is 1. The van der Waals surface area contributed by atoms with E-state index in [1.165, 1.54) is 18.2 Å². The zero-order valence-electron chi connectivity index (χ0n) is 10.0. The number of hydrogen-bond donors (Lipinski definition) is 2. The normalized spacial score (nSPS) is 14.2. The SMILES string of the molecule is C=CC(N)C(=C)/C=C(F)\C=C/NCC(C)C. The highest BCUT2D eigenvalue weighted by Crippen LogP contribution is 2.07. The van der Waals surface area contributed by atoms with Gasteiger partial charge in [-0.2, -0.15) is 0 Å². The first-order valence-electron chi connectivity index (χ1n) is 5.31. The molecule has 0 radical (unpaired) electrons. The Labute approximate surface area is 97.4 Å². The van der Waals surface area contributed by atoms with E-state index in [0.717, 1.165) is 6.54 Å². The van der Waals surface area contributed by atoms with E-state index in [4.69, 9.17) is 5.73 Å². The Morgan fingerprint density at radius 2 is 2.12 bits per heavy atom. The molecule has 0 aliphatic rings. The minimum atomic E-state index is -0.400. The minimum absolute atomic E-state index is 0.376. The van der Waals surface area contributed by atoms with Crippen LogP contribution in [0.5, 0.6) is 0 Å². The predicted molar refractivity (Wildman–Crippen MR) is 68.5 cm³/mol. The molecule has 0 aromatic carbocycles. The molecule has 0 fully saturated rings. The molecule has 3 heteroatoms. The zero-order valence-corrected chi connectivity index (χ0v) is 10.0. The van der Waals surface area contributed by atoms with E-state index in [2.05, 4.69) is 32.3 Å². The molecule has 0 aliphatic heterocycles. The van der Waals surface area contributed by atoms with Gasteiger partial charge < -0.3 is 11.1 Å². The number of hydrogen-bond acceptors (Lipinski definition) is 2. The lowest BCUT2D eigenvalue weighted by atomic mass is 10.1. The molecule has 0 aromatic rings. The molecule has 0 saturated carbocycles. The topological polar surface area (TPSA) is 38.0 Å². The van der Waals surface area contributed by atoms with E-state index in [9.17, 15) is 4.39 Å². The Hall–Kier alpha value is -1.35. The number of halogens is 1. The van der Waals surface area contributed by atoms with Crippen molar-refractivity contribution in [2.45, 2.75) is 19.9 Å². The Bertz CT molecular complexity index is 290. The van der Waals surface area contributed by atoms with Crippen LogP contribution in [0, 0.1) is 5.92 Å². The summed E-state index contributed by atoms with van der Waals surface area (Å²) in [5.41, 5.74) is 6.09. The van der Waals surface area contributed by atoms with Crippen LogP contribution in [-0.4, -0.2) is 12.6 Å². The molecule has 0 saturated heterocycles. The van der Waals surface area contributed by atoms with E-state index >= 15 is 0 Å². The van der Waals surface area contributed by atoms with Crippen molar-refractivity contribution in [1.29, 1.82) is 0 Å². The van der Waals surface area contributed by atoms with Gasteiger partial charge in [-0.05, 0) is 29.8 Å². The van der Waals surface area contributed by atoms with Crippen LogP contribution in [0.1, 0.15) is 13.8 Å². The van der Waals surface area contributed by atoms with Crippen LogP contribution < -0.4 is 11.1 Å². The molecule has 1 atom stereocenters. The van der Waals surface area contributed by atoms with Crippen LogP contribution in [0.4, 0.5) is 4.39 Å². The highest BCUT2D eigenvalue weighted by molar-refractivity contribution is 5.29. The molecule has 0 aromatic heterocycles. The maximum absolute atomic E-state index is 13.3. The first-order chi connectivity index (χ1) is 7.47. The van der Waals surface area contributed by atoms with Gasteiger partial charge in [-0.25, -0.2) is 4.39 Å². The van der Waals surface area contributed by atoms with Crippen molar-refractivity contribution in [3.05, 3.63) is 49.0 Å². The molecule has 16 heavy (non-hydrogen) atoms. The lowest BCUT2D eigenvalue weighted by Gasteiger charge is -2.05. The van der Waals surface area contributed by atoms with Gasteiger partial charge in [0.05, 0.1) is 0 Å². The third-order valence-corrected chi connectivity index (χ3v) is 1.89. The van der Waals surface area contributed by atoms with E-state index in [-0.39, 0.29) is 5.83 Å². The first kappa shape index (κ1) is 14.6. The molecular formula is C13H21FN2. The molecule has 3 N–H and O–H groups in total. The lowest BCUT2D eigenvalue weighted by Crippen LogP contribution is -2.17. The zero-order chi connectivity index (χ0) is 12.6. The Kier molecular flexibility index (Phi) is 7.21. The van der Waals surface area contributed by atoms with Gasteiger partial charge in [-0.3, -0.25) is 0 Å².